The second kappa shape index (κ2) is 4.62. The lowest BCUT2D eigenvalue weighted by Crippen LogP contribution is -2.42. The molecule has 2 atom stereocenters. The van der Waals surface area contributed by atoms with E-state index in [9.17, 15) is 4.79 Å². The van der Waals surface area contributed by atoms with E-state index >= 15 is 0 Å². The predicted molar refractivity (Wildman–Crippen MR) is 74.4 cm³/mol. The van der Waals surface area contributed by atoms with Gasteiger partial charge < -0.3 is 11.1 Å². The zero-order valence-corrected chi connectivity index (χ0v) is 11.4. The van der Waals surface area contributed by atoms with Gasteiger partial charge in [-0.15, -0.1) is 0 Å². The van der Waals surface area contributed by atoms with Crippen molar-refractivity contribution >= 4 is 5.91 Å². The number of likely N-dealkylation sites (tertiary alicyclic amines) is 1. The van der Waals surface area contributed by atoms with E-state index in [1.165, 1.54) is 11.1 Å². The van der Waals surface area contributed by atoms with E-state index in [0.29, 0.717) is 6.04 Å². The Morgan fingerprint density at radius 1 is 1.47 bits per heavy atom. The summed E-state index contributed by atoms with van der Waals surface area (Å²) >= 11 is 0. The van der Waals surface area contributed by atoms with Gasteiger partial charge in [0, 0.05) is 25.7 Å². The van der Waals surface area contributed by atoms with Crippen molar-refractivity contribution in [3.8, 4) is 0 Å². The third kappa shape index (κ3) is 2.15. The summed E-state index contributed by atoms with van der Waals surface area (Å²) in [5, 5.41) is 3.47. The molecule has 3 N–H and O–H groups in total. The van der Waals surface area contributed by atoms with Gasteiger partial charge in [-0.3, -0.25) is 9.69 Å². The molecule has 0 bridgehead atoms. The molecule has 2 aliphatic rings. The van der Waals surface area contributed by atoms with Crippen LogP contribution in [0.2, 0.25) is 0 Å². The van der Waals surface area contributed by atoms with Crippen LogP contribution in [-0.4, -0.2) is 30.4 Å². The summed E-state index contributed by atoms with van der Waals surface area (Å²) in [5.41, 5.74) is 7.93. The number of carbonyl (C=O) groups is 1. The number of hydrogen-bond acceptors (Lipinski definition) is 3. The van der Waals surface area contributed by atoms with Crippen molar-refractivity contribution < 1.29 is 4.79 Å². The van der Waals surface area contributed by atoms with Crippen LogP contribution in [0.4, 0.5) is 0 Å². The van der Waals surface area contributed by atoms with Crippen molar-refractivity contribution in [3.05, 3.63) is 35.4 Å². The first-order chi connectivity index (χ1) is 9.10. The number of rotatable bonds is 2. The summed E-state index contributed by atoms with van der Waals surface area (Å²) in [6, 6.07) is 8.94. The quantitative estimate of drug-likeness (QED) is 0.834. The number of amides is 1. The van der Waals surface area contributed by atoms with Crippen LogP contribution < -0.4 is 11.1 Å². The highest BCUT2D eigenvalue weighted by molar-refractivity contribution is 5.81. The Morgan fingerprint density at radius 3 is 3.00 bits per heavy atom. The van der Waals surface area contributed by atoms with Gasteiger partial charge in [-0.1, -0.05) is 24.3 Å². The molecule has 3 rings (SSSR count). The van der Waals surface area contributed by atoms with E-state index < -0.39 is 0 Å². The van der Waals surface area contributed by atoms with Crippen LogP contribution in [0.25, 0.3) is 0 Å². The summed E-state index contributed by atoms with van der Waals surface area (Å²) in [5.74, 6) is -0.174. The number of benzene rings is 1. The molecule has 2 heterocycles. The minimum atomic E-state index is -0.369. The van der Waals surface area contributed by atoms with Crippen molar-refractivity contribution in [3.63, 3.8) is 0 Å². The number of nitrogens with one attached hydrogen (secondary N) is 1. The second-order valence-corrected chi connectivity index (χ2v) is 5.99. The van der Waals surface area contributed by atoms with Gasteiger partial charge in [0.2, 0.25) is 5.91 Å². The molecule has 102 valence electrons. The molecule has 1 aromatic rings. The van der Waals surface area contributed by atoms with Crippen LogP contribution in [0.15, 0.2) is 24.3 Å². The number of fused-ring (bicyclic) bond motifs is 1. The molecule has 2 aliphatic heterocycles. The van der Waals surface area contributed by atoms with Crippen LogP contribution in [-0.2, 0) is 11.3 Å². The minimum Gasteiger partial charge on any atom is -0.369 e. The fourth-order valence-electron chi connectivity index (χ4n) is 3.26. The Hall–Kier alpha value is -1.39. The van der Waals surface area contributed by atoms with Crippen molar-refractivity contribution in [1.29, 1.82) is 0 Å². The molecule has 1 saturated heterocycles. The number of carbonyl (C=O) groups excluding carboxylic acids is 1. The fourth-order valence-corrected chi connectivity index (χ4v) is 3.26. The molecule has 1 aromatic carbocycles. The summed E-state index contributed by atoms with van der Waals surface area (Å²) in [6.07, 6.45) is 0.862. The first kappa shape index (κ1) is 12.6. The molecular weight excluding hydrogens is 238 g/mol. The minimum absolute atomic E-state index is 0.174. The number of nitrogens with zero attached hydrogens (tertiary/aromatic N) is 1. The van der Waals surface area contributed by atoms with Crippen molar-refractivity contribution in [1.82, 2.24) is 10.2 Å². The Balaban J connectivity index is 1.84. The Bertz CT molecular complexity index is 502. The largest absolute Gasteiger partial charge is 0.369 e. The Morgan fingerprint density at radius 2 is 2.26 bits per heavy atom. The van der Waals surface area contributed by atoms with Gasteiger partial charge in [0.15, 0.2) is 0 Å². The maximum absolute atomic E-state index is 11.6. The van der Waals surface area contributed by atoms with Gasteiger partial charge in [0.25, 0.3) is 0 Å². The van der Waals surface area contributed by atoms with Gasteiger partial charge in [-0.05, 0) is 31.0 Å². The zero-order valence-electron chi connectivity index (χ0n) is 11.4. The van der Waals surface area contributed by atoms with Gasteiger partial charge in [-0.25, -0.2) is 0 Å². The van der Waals surface area contributed by atoms with Crippen LogP contribution >= 0.6 is 0 Å². The van der Waals surface area contributed by atoms with Crippen molar-refractivity contribution in [2.24, 2.45) is 11.1 Å². The molecule has 0 spiro atoms. The number of primary amides is 1. The van der Waals surface area contributed by atoms with Crippen LogP contribution in [0.3, 0.4) is 0 Å². The lowest BCUT2D eigenvalue weighted by Gasteiger charge is -2.34. The highest BCUT2D eigenvalue weighted by Gasteiger charge is 2.42. The number of nitrogens with two attached hydrogens (primary N) is 1. The molecule has 0 saturated carbocycles. The topological polar surface area (TPSA) is 58.4 Å². The molecule has 0 aromatic heterocycles. The lowest BCUT2D eigenvalue weighted by molar-refractivity contribution is -0.126. The monoisotopic (exact) mass is 259 g/mol. The molecule has 0 radical (unpaired) electrons. The van der Waals surface area contributed by atoms with Crippen LogP contribution in [0, 0.1) is 5.41 Å². The Kier molecular flexibility index (Phi) is 3.07. The summed E-state index contributed by atoms with van der Waals surface area (Å²) in [4.78, 5) is 14.0. The molecule has 1 fully saturated rings. The second-order valence-electron chi connectivity index (χ2n) is 5.99. The number of hydrogen-bond donors (Lipinski definition) is 2. The van der Waals surface area contributed by atoms with E-state index in [4.69, 9.17) is 5.73 Å². The summed E-state index contributed by atoms with van der Waals surface area (Å²) in [7, 11) is 0. The van der Waals surface area contributed by atoms with Crippen LogP contribution in [0.1, 0.15) is 30.5 Å². The highest BCUT2D eigenvalue weighted by atomic mass is 16.1. The van der Waals surface area contributed by atoms with Crippen molar-refractivity contribution in [2.75, 3.05) is 19.6 Å². The average Bonchev–Trinajstić information content (AvgIpc) is 2.82. The first-order valence-electron chi connectivity index (χ1n) is 6.93. The third-order valence-corrected chi connectivity index (χ3v) is 4.61. The summed E-state index contributed by atoms with van der Waals surface area (Å²) < 4.78 is 0. The van der Waals surface area contributed by atoms with Crippen LogP contribution in [0.5, 0.6) is 0 Å². The van der Waals surface area contributed by atoms with Gasteiger partial charge in [-0.2, -0.15) is 0 Å². The molecule has 4 nitrogen and oxygen atoms in total. The van der Waals surface area contributed by atoms with Gasteiger partial charge in [0.05, 0.1) is 5.41 Å². The predicted octanol–water partition coefficient (Wildman–Crippen LogP) is 1.03. The maximum atomic E-state index is 11.6. The highest BCUT2D eigenvalue weighted by Crippen LogP contribution is 2.36. The zero-order chi connectivity index (χ0) is 13.5. The molecule has 4 heteroatoms. The normalized spacial score (nSPS) is 31.1. The molecular formula is C15H21N3O. The lowest BCUT2D eigenvalue weighted by atomic mass is 9.89. The Labute approximate surface area is 114 Å². The molecule has 19 heavy (non-hydrogen) atoms. The smallest absolute Gasteiger partial charge is 0.224 e. The molecule has 1 amide bonds. The average molecular weight is 259 g/mol. The van der Waals surface area contributed by atoms with Gasteiger partial charge >= 0.3 is 0 Å². The van der Waals surface area contributed by atoms with Crippen molar-refractivity contribution in [2.45, 2.75) is 25.9 Å². The molecule has 2 unspecified atom stereocenters. The standard InChI is InChI=1S/C15H21N3O/c1-15(14(16)19)6-7-18(10-15)13-9-17-8-11-4-2-3-5-12(11)13/h2-5,13,17H,6-10H2,1H3,(H2,16,19). The van der Waals surface area contributed by atoms with Gasteiger partial charge in [0.1, 0.15) is 0 Å². The van der Waals surface area contributed by atoms with E-state index in [2.05, 4.69) is 34.5 Å². The fraction of sp³-hybridized carbons (Fsp3) is 0.533. The van der Waals surface area contributed by atoms with E-state index in [1.54, 1.807) is 0 Å². The first-order valence-corrected chi connectivity index (χ1v) is 6.93. The third-order valence-electron chi connectivity index (χ3n) is 4.61. The van der Waals surface area contributed by atoms with E-state index in [-0.39, 0.29) is 11.3 Å². The maximum Gasteiger partial charge on any atom is 0.224 e. The SMILES string of the molecule is CC1(C(N)=O)CCN(C2CNCc3ccccc32)C1. The summed E-state index contributed by atoms with van der Waals surface area (Å²) in [6.45, 7) is 5.58. The van der Waals surface area contributed by atoms with E-state index in [1.807, 2.05) is 6.92 Å². The van der Waals surface area contributed by atoms with E-state index in [0.717, 1.165) is 32.6 Å². The molecule has 0 aliphatic carbocycles.